The fourth-order valence-electron chi connectivity index (χ4n) is 3.60. The zero-order chi connectivity index (χ0) is 17.1. The van der Waals surface area contributed by atoms with Gasteiger partial charge in [-0.3, -0.25) is 0 Å². The standard InChI is InChI=1S/C22H16N2O2/c1-4-19(16-2-6-21-22(11-16)26-13-25-21)23-20-5-3-18(10-15(1)20)24-8-7-14-9-17(14)12-24/h1-8,10-12,14H,9,13H2. The van der Waals surface area contributed by atoms with Crippen LogP contribution in [0, 0.1) is 5.92 Å². The van der Waals surface area contributed by atoms with Crippen LogP contribution in [-0.2, 0) is 0 Å². The molecule has 1 unspecified atom stereocenters. The van der Waals surface area contributed by atoms with Crippen LogP contribution in [0.25, 0.3) is 22.2 Å². The summed E-state index contributed by atoms with van der Waals surface area (Å²) >= 11 is 0. The molecule has 0 saturated heterocycles. The highest BCUT2D eigenvalue weighted by molar-refractivity contribution is 5.85. The van der Waals surface area contributed by atoms with Crippen molar-refractivity contribution in [2.45, 2.75) is 6.42 Å². The van der Waals surface area contributed by atoms with Gasteiger partial charge in [0, 0.05) is 35.0 Å². The zero-order valence-electron chi connectivity index (χ0n) is 14.1. The van der Waals surface area contributed by atoms with E-state index >= 15 is 0 Å². The molecule has 2 aromatic carbocycles. The lowest BCUT2D eigenvalue weighted by Gasteiger charge is -2.18. The largest absolute Gasteiger partial charge is 0.454 e. The Labute approximate surface area is 151 Å². The Morgan fingerprint density at radius 2 is 1.92 bits per heavy atom. The van der Waals surface area contributed by atoms with Gasteiger partial charge in [-0.25, -0.2) is 4.98 Å². The molecule has 0 radical (unpaired) electrons. The molecule has 3 aliphatic rings. The SMILES string of the molecule is C1=CN(c2ccc3nc(-c4ccc5c(c4)OCO5)ccc3c2)C=C2CC12. The van der Waals surface area contributed by atoms with E-state index in [1.54, 1.807) is 0 Å². The van der Waals surface area contributed by atoms with E-state index in [0.717, 1.165) is 33.7 Å². The third-order valence-corrected chi connectivity index (χ3v) is 5.19. The summed E-state index contributed by atoms with van der Waals surface area (Å²) in [6.07, 6.45) is 7.90. The van der Waals surface area contributed by atoms with Crippen LogP contribution in [0.15, 0.2) is 72.6 Å². The molecular weight excluding hydrogens is 324 g/mol. The number of hydrogen-bond acceptors (Lipinski definition) is 4. The van der Waals surface area contributed by atoms with Gasteiger partial charge < -0.3 is 14.4 Å². The summed E-state index contributed by atoms with van der Waals surface area (Å²) in [4.78, 5) is 7.03. The first kappa shape index (κ1) is 14.0. The molecule has 4 heteroatoms. The van der Waals surface area contributed by atoms with Gasteiger partial charge in [0.1, 0.15) is 0 Å². The molecule has 1 fully saturated rings. The first-order chi connectivity index (χ1) is 12.8. The van der Waals surface area contributed by atoms with Gasteiger partial charge in [0.2, 0.25) is 6.79 Å². The second kappa shape index (κ2) is 5.11. The number of rotatable bonds is 2. The molecular formula is C22H16N2O2. The summed E-state index contributed by atoms with van der Waals surface area (Å²) in [6, 6.07) is 16.5. The molecule has 1 aliphatic carbocycles. The highest BCUT2D eigenvalue weighted by atomic mass is 16.7. The summed E-state index contributed by atoms with van der Waals surface area (Å²) in [5.74, 6) is 2.27. The fraction of sp³-hybridized carbons (Fsp3) is 0.136. The molecule has 4 nitrogen and oxygen atoms in total. The molecule has 6 rings (SSSR count). The Bertz CT molecular complexity index is 1120. The third kappa shape index (κ3) is 2.19. The molecule has 3 aromatic rings. The summed E-state index contributed by atoms with van der Waals surface area (Å²) in [5.41, 5.74) is 5.64. The highest BCUT2D eigenvalue weighted by Crippen LogP contribution is 2.42. The minimum absolute atomic E-state index is 0.286. The van der Waals surface area contributed by atoms with Crippen LogP contribution in [-0.4, -0.2) is 11.8 Å². The number of fused-ring (bicyclic) bond motifs is 3. The maximum absolute atomic E-state index is 5.48. The Kier molecular flexibility index (Phi) is 2.75. The van der Waals surface area contributed by atoms with Crippen LogP contribution < -0.4 is 14.4 Å². The van der Waals surface area contributed by atoms with Crippen molar-refractivity contribution in [2.24, 2.45) is 5.92 Å². The van der Waals surface area contributed by atoms with Gasteiger partial charge in [0.15, 0.2) is 11.5 Å². The highest BCUT2D eigenvalue weighted by Gasteiger charge is 2.30. The van der Waals surface area contributed by atoms with Crippen molar-refractivity contribution in [1.82, 2.24) is 4.98 Å². The number of ether oxygens (including phenoxy) is 2. The van der Waals surface area contributed by atoms with Crippen LogP contribution in [0.2, 0.25) is 0 Å². The van der Waals surface area contributed by atoms with E-state index in [9.17, 15) is 0 Å². The Balaban J connectivity index is 1.37. The predicted octanol–water partition coefficient (Wildman–Crippen LogP) is 4.87. The van der Waals surface area contributed by atoms with E-state index < -0.39 is 0 Å². The maximum atomic E-state index is 5.48. The molecule has 1 atom stereocenters. The molecule has 1 saturated carbocycles. The Hall–Kier alpha value is -3.27. The number of benzene rings is 2. The van der Waals surface area contributed by atoms with Crippen LogP contribution >= 0.6 is 0 Å². The van der Waals surface area contributed by atoms with Gasteiger partial charge in [-0.2, -0.15) is 0 Å². The third-order valence-electron chi connectivity index (χ3n) is 5.19. The second-order valence-electron chi connectivity index (χ2n) is 6.90. The minimum Gasteiger partial charge on any atom is -0.454 e. The number of nitrogens with zero attached hydrogens (tertiary/aromatic N) is 2. The molecule has 26 heavy (non-hydrogen) atoms. The van der Waals surface area contributed by atoms with E-state index in [0.29, 0.717) is 5.92 Å². The number of anilines is 1. The summed E-state index contributed by atoms with van der Waals surface area (Å²) < 4.78 is 10.9. The topological polar surface area (TPSA) is 34.6 Å². The average Bonchev–Trinajstić information content (AvgIpc) is 3.32. The molecule has 0 amide bonds. The van der Waals surface area contributed by atoms with E-state index in [-0.39, 0.29) is 6.79 Å². The van der Waals surface area contributed by atoms with E-state index in [2.05, 4.69) is 53.7 Å². The predicted molar refractivity (Wildman–Crippen MR) is 101 cm³/mol. The molecule has 0 N–H and O–H groups in total. The van der Waals surface area contributed by atoms with E-state index in [1.807, 2.05) is 18.2 Å². The first-order valence-electron chi connectivity index (χ1n) is 8.82. The van der Waals surface area contributed by atoms with Crippen LogP contribution in [0.3, 0.4) is 0 Å². The van der Waals surface area contributed by atoms with Gasteiger partial charge in [-0.1, -0.05) is 12.1 Å². The van der Waals surface area contributed by atoms with E-state index in [4.69, 9.17) is 14.5 Å². The summed E-state index contributed by atoms with van der Waals surface area (Å²) in [5, 5.41) is 1.14. The minimum atomic E-state index is 0.286. The molecule has 3 heterocycles. The van der Waals surface area contributed by atoms with Crippen molar-refractivity contribution < 1.29 is 9.47 Å². The van der Waals surface area contributed by atoms with Crippen molar-refractivity contribution in [3.63, 3.8) is 0 Å². The normalized spacial score (nSPS) is 19.5. The zero-order valence-corrected chi connectivity index (χ0v) is 14.1. The van der Waals surface area contributed by atoms with Crippen molar-refractivity contribution in [3.8, 4) is 22.8 Å². The smallest absolute Gasteiger partial charge is 0.231 e. The maximum Gasteiger partial charge on any atom is 0.231 e. The Morgan fingerprint density at radius 1 is 0.962 bits per heavy atom. The molecule has 0 bridgehead atoms. The monoisotopic (exact) mass is 340 g/mol. The van der Waals surface area contributed by atoms with Gasteiger partial charge in [0.25, 0.3) is 0 Å². The van der Waals surface area contributed by atoms with Crippen LogP contribution in [0.4, 0.5) is 5.69 Å². The van der Waals surface area contributed by atoms with Crippen molar-refractivity contribution in [3.05, 3.63) is 72.6 Å². The van der Waals surface area contributed by atoms with Gasteiger partial charge in [-0.05, 0) is 54.5 Å². The van der Waals surface area contributed by atoms with Crippen LogP contribution in [0.1, 0.15) is 6.42 Å². The van der Waals surface area contributed by atoms with Gasteiger partial charge in [0.05, 0.1) is 11.2 Å². The second-order valence-corrected chi connectivity index (χ2v) is 6.90. The lowest BCUT2D eigenvalue weighted by Crippen LogP contribution is -2.08. The van der Waals surface area contributed by atoms with Crippen molar-refractivity contribution in [1.29, 1.82) is 0 Å². The average molecular weight is 340 g/mol. The fourth-order valence-corrected chi connectivity index (χ4v) is 3.60. The number of allylic oxidation sites excluding steroid dienone is 2. The van der Waals surface area contributed by atoms with Gasteiger partial charge >= 0.3 is 0 Å². The molecule has 126 valence electrons. The first-order valence-corrected chi connectivity index (χ1v) is 8.82. The van der Waals surface area contributed by atoms with E-state index in [1.165, 1.54) is 17.7 Å². The summed E-state index contributed by atoms with van der Waals surface area (Å²) in [7, 11) is 0. The Morgan fingerprint density at radius 3 is 2.88 bits per heavy atom. The molecule has 0 spiro atoms. The molecule has 1 aromatic heterocycles. The quantitative estimate of drug-likeness (QED) is 0.667. The number of hydrogen-bond donors (Lipinski definition) is 0. The van der Waals surface area contributed by atoms with Crippen molar-refractivity contribution in [2.75, 3.05) is 11.7 Å². The lowest BCUT2D eigenvalue weighted by atomic mass is 10.1. The summed E-state index contributed by atoms with van der Waals surface area (Å²) in [6.45, 7) is 0.286. The van der Waals surface area contributed by atoms with Crippen molar-refractivity contribution >= 4 is 16.6 Å². The van der Waals surface area contributed by atoms with Gasteiger partial charge in [-0.15, -0.1) is 0 Å². The number of aromatic nitrogens is 1. The molecule has 2 aliphatic heterocycles. The number of pyridine rings is 1. The lowest BCUT2D eigenvalue weighted by molar-refractivity contribution is 0.174. The van der Waals surface area contributed by atoms with Crippen LogP contribution in [0.5, 0.6) is 11.5 Å².